The molecule has 0 bridgehead atoms. The normalized spacial score (nSPS) is 10.6. The quantitative estimate of drug-likeness (QED) is 0.588. The molecule has 0 spiro atoms. The van der Waals surface area contributed by atoms with E-state index in [1.807, 2.05) is 0 Å². The molecule has 0 unspecified atom stereocenters. The molecule has 0 N–H and O–H groups in total. The predicted molar refractivity (Wildman–Crippen MR) is 53.8 cm³/mol. The topological polar surface area (TPSA) is 104 Å². The Morgan fingerprint density at radius 2 is 2.00 bits per heavy atom. The maximum Gasteiger partial charge on any atom is 0.270 e. The number of halogens is 1. The molecule has 1 heterocycles. The lowest BCUT2D eigenvalue weighted by atomic mass is 10.2. The Morgan fingerprint density at radius 3 is 2.56 bits per heavy atom. The standard InChI is InChI=1S/C7H3ClN4O4/c8-7-5-3-4(11(13)14)1-2-6(5)9-10(7)12(15)16/h1-3H. The number of hydrogen-bond acceptors (Lipinski definition) is 5. The van der Waals surface area contributed by atoms with Gasteiger partial charge in [0.2, 0.25) is 10.7 Å². The third kappa shape index (κ3) is 1.44. The van der Waals surface area contributed by atoms with Crippen LogP contribution >= 0.6 is 11.6 Å². The molecule has 16 heavy (non-hydrogen) atoms. The van der Waals surface area contributed by atoms with Crippen LogP contribution < -0.4 is 0 Å². The minimum atomic E-state index is -0.811. The summed E-state index contributed by atoms with van der Waals surface area (Å²) in [5.74, 6) is 0. The number of non-ortho nitro benzene ring substituents is 1. The van der Waals surface area contributed by atoms with E-state index in [0.717, 1.165) is 6.07 Å². The first-order valence-corrected chi connectivity index (χ1v) is 4.36. The fourth-order valence-corrected chi connectivity index (χ4v) is 1.50. The fourth-order valence-electron chi connectivity index (χ4n) is 1.25. The van der Waals surface area contributed by atoms with E-state index in [-0.39, 0.29) is 21.7 Å². The maximum absolute atomic E-state index is 10.5. The highest BCUT2D eigenvalue weighted by Crippen LogP contribution is 2.26. The highest BCUT2D eigenvalue weighted by molar-refractivity contribution is 6.34. The average Bonchev–Trinajstić information content (AvgIpc) is 2.56. The van der Waals surface area contributed by atoms with Gasteiger partial charge in [-0.3, -0.25) is 10.1 Å². The minimum Gasteiger partial charge on any atom is -0.339 e. The van der Waals surface area contributed by atoms with Crippen molar-refractivity contribution in [1.29, 1.82) is 0 Å². The second-order valence-corrected chi connectivity index (χ2v) is 3.23. The summed E-state index contributed by atoms with van der Waals surface area (Å²) in [4.78, 5) is 20.8. The van der Waals surface area contributed by atoms with Crippen LogP contribution in [0.5, 0.6) is 0 Å². The molecule has 1 aromatic heterocycles. The van der Waals surface area contributed by atoms with Crippen LogP contribution in [0.2, 0.25) is 5.15 Å². The van der Waals surface area contributed by atoms with Gasteiger partial charge in [0.15, 0.2) is 0 Å². The number of aromatic nitrogens is 2. The highest BCUT2D eigenvalue weighted by atomic mass is 35.5. The Morgan fingerprint density at radius 1 is 1.31 bits per heavy atom. The molecular weight excluding hydrogens is 240 g/mol. The van der Waals surface area contributed by atoms with Crippen LogP contribution in [-0.4, -0.2) is 19.8 Å². The number of benzene rings is 1. The van der Waals surface area contributed by atoms with Crippen LogP contribution in [0.4, 0.5) is 5.69 Å². The number of hydrogen-bond donors (Lipinski definition) is 0. The molecule has 0 fully saturated rings. The third-order valence-corrected chi connectivity index (χ3v) is 2.30. The molecule has 8 nitrogen and oxygen atoms in total. The van der Waals surface area contributed by atoms with Crippen molar-refractivity contribution in [2.75, 3.05) is 0 Å². The van der Waals surface area contributed by atoms with Gasteiger partial charge >= 0.3 is 0 Å². The summed E-state index contributed by atoms with van der Waals surface area (Å²) in [6.07, 6.45) is 0. The van der Waals surface area contributed by atoms with Gasteiger partial charge in [-0.05, 0) is 6.07 Å². The van der Waals surface area contributed by atoms with E-state index >= 15 is 0 Å². The Kier molecular flexibility index (Phi) is 2.20. The van der Waals surface area contributed by atoms with E-state index < -0.39 is 9.96 Å². The van der Waals surface area contributed by atoms with Gasteiger partial charge in [0.1, 0.15) is 0 Å². The van der Waals surface area contributed by atoms with Crippen molar-refractivity contribution in [3.05, 3.63) is 43.6 Å². The minimum absolute atomic E-state index is 0.174. The summed E-state index contributed by atoms with van der Waals surface area (Å²) in [6.45, 7) is 0. The van der Waals surface area contributed by atoms with E-state index in [2.05, 4.69) is 5.10 Å². The first-order valence-electron chi connectivity index (χ1n) is 3.98. The summed E-state index contributed by atoms with van der Waals surface area (Å²) in [7, 11) is 0. The molecule has 0 aliphatic heterocycles. The van der Waals surface area contributed by atoms with Crippen molar-refractivity contribution >= 4 is 28.2 Å². The zero-order valence-electron chi connectivity index (χ0n) is 7.53. The van der Waals surface area contributed by atoms with Gasteiger partial charge in [-0.1, -0.05) is 11.6 Å². The summed E-state index contributed by atoms with van der Waals surface area (Å²) < 4.78 is 0. The smallest absolute Gasteiger partial charge is 0.270 e. The predicted octanol–water partition coefficient (Wildman–Crippen LogP) is 1.64. The van der Waals surface area contributed by atoms with Crippen LogP contribution in [-0.2, 0) is 0 Å². The lowest BCUT2D eigenvalue weighted by Crippen LogP contribution is -2.09. The second-order valence-electron chi connectivity index (χ2n) is 2.88. The SMILES string of the molecule is O=[N+]([O-])c1ccc2nn([N+](=O)[O-])c(Cl)c2c1. The van der Waals surface area contributed by atoms with E-state index in [1.54, 1.807) is 0 Å². The molecule has 0 saturated carbocycles. The molecule has 0 amide bonds. The maximum atomic E-state index is 10.5. The molecule has 9 heteroatoms. The van der Waals surface area contributed by atoms with Crippen LogP contribution in [0, 0.1) is 20.2 Å². The van der Waals surface area contributed by atoms with E-state index in [4.69, 9.17) is 11.6 Å². The van der Waals surface area contributed by atoms with Crippen LogP contribution in [0.1, 0.15) is 0 Å². The molecule has 0 aliphatic rings. The van der Waals surface area contributed by atoms with Crippen LogP contribution in [0.15, 0.2) is 18.2 Å². The van der Waals surface area contributed by atoms with E-state index in [9.17, 15) is 20.2 Å². The van der Waals surface area contributed by atoms with Crippen molar-refractivity contribution in [3.8, 4) is 0 Å². The first kappa shape index (κ1) is 10.3. The van der Waals surface area contributed by atoms with Crippen molar-refractivity contribution in [2.24, 2.45) is 0 Å². The summed E-state index contributed by atoms with van der Waals surface area (Å²) in [5.41, 5.74) is 0.0320. The Labute approximate surface area is 92.3 Å². The number of nitro benzene ring substituents is 1. The zero-order valence-corrected chi connectivity index (χ0v) is 8.29. The van der Waals surface area contributed by atoms with Gasteiger partial charge in [0.25, 0.3) is 5.69 Å². The molecule has 0 radical (unpaired) electrons. The van der Waals surface area contributed by atoms with E-state index in [1.165, 1.54) is 12.1 Å². The average molecular weight is 243 g/mol. The molecule has 1 aromatic carbocycles. The second kappa shape index (κ2) is 3.42. The Bertz CT molecular complexity index is 608. The van der Waals surface area contributed by atoms with Gasteiger partial charge in [-0.15, -0.1) is 0 Å². The number of nitrogens with zero attached hydrogens (tertiary/aromatic N) is 4. The van der Waals surface area contributed by atoms with Gasteiger partial charge in [-0.2, -0.15) is 0 Å². The molecule has 2 aromatic rings. The Hall–Kier alpha value is -2.22. The van der Waals surface area contributed by atoms with Gasteiger partial charge < -0.3 is 10.1 Å². The van der Waals surface area contributed by atoms with E-state index in [0.29, 0.717) is 4.79 Å². The summed E-state index contributed by atoms with van der Waals surface area (Å²) in [6, 6.07) is 3.65. The van der Waals surface area contributed by atoms with Crippen molar-refractivity contribution < 1.29 is 9.96 Å². The van der Waals surface area contributed by atoms with Crippen molar-refractivity contribution in [1.82, 2.24) is 9.89 Å². The molecule has 82 valence electrons. The van der Waals surface area contributed by atoms with Gasteiger partial charge in [-0.25, -0.2) is 0 Å². The van der Waals surface area contributed by atoms with Crippen LogP contribution in [0.3, 0.4) is 0 Å². The summed E-state index contributed by atoms with van der Waals surface area (Å²) >= 11 is 5.66. The molecular formula is C7H3ClN4O4. The highest BCUT2D eigenvalue weighted by Gasteiger charge is 2.20. The summed E-state index contributed by atoms with van der Waals surface area (Å²) in [5, 5.41) is 23.7. The Balaban J connectivity index is 2.73. The van der Waals surface area contributed by atoms with Crippen LogP contribution in [0.25, 0.3) is 10.9 Å². The lowest BCUT2D eigenvalue weighted by Gasteiger charge is -1.91. The fraction of sp³-hybridized carbons (Fsp3) is 0. The zero-order chi connectivity index (χ0) is 11.9. The monoisotopic (exact) mass is 242 g/mol. The largest absolute Gasteiger partial charge is 0.339 e. The number of nitro groups is 2. The molecule has 0 atom stereocenters. The number of rotatable bonds is 2. The molecule has 2 rings (SSSR count). The molecule has 0 saturated heterocycles. The van der Waals surface area contributed by atoms with Crippen molar-refractivity contribution in [2.45, 2.75) is 0 Å². The van der Waals surface area contributed by atoms with Gasteiger partial charge in [0.05, 0.1) is 20.4 Å². The molecule has 0 aliphatic carbocycles. The number of fused-ring (bicyclic) bond motifs is 1. The van der Waals surface area contributed by atoms with Gasteiger partial charge in [0, 0.05) is 16.9 Å². The first-order chi connectivity index (χ1) is 7.50. The van der Waals surface area contributed by atoms with Crippen molar-refractivity contribution in [3.63, 3.8) is 0 Å². The lowest BCUT2D eigenvalue weighted by molar-refractivity contribution is -0.552. The third-order valence-electron chi connectivity index (χ3n) is 1.95.